The van der Waals surface area contributed by atoms with Crippen molar-refractivity contribution in [3.05, 3.63) is 65.5 Å². The molecule has 0 saturated heterocycles. The fraction of sp³-hybridized carbons (Fsp3) is 0. The van der Waals surface area contributed by atoms with E-state index < -0.39 is 17.5 Å². The highest BCUT2D eigenvalue weighted by Gasteiger charge is 2.05. The van der Waals surface area contributed by atoms with Crippen molar-refractivity contribution in [3.63, 3.8) is 0 Å². The van der Waals surface area contributed by atoms with Gasteiger partial charge in [0.25, 0.3) is 0 Å². The average Bonchev–Trinajstić information content (AvgIpc) is 2.30. The van der Waals surface area contributed by atoms with Gasteiger partial charge in [0.15, 0.2) is 0 Å². The van der Waals surface area contributed by atoms with E-state index in [4.69, 9.17) is 0 Å². The summed E-state index contributed by atoms with van der Waals surface area (Å²) in [6.07, 6.45) is 0.975. The number of rotatable bonds is 2. The summed E-state index contributed by atoms with van der Waals surface area (Å²) in [5, 5.41) is 0. The van der Waals surface area contributed by atoms with Crippen LogP contribution in [0.1, 0.15) is 5.56 Å². The summed E-state index contributed by atoms with van der Waals surface area (Å²) < 4.78 is 39.6. The summed E-state index contributed by atoms with van der Waals surface area (Å²) in [6.45, 7) is 0. The molecule has 2 aromatic rings. The van der Waals surface area contributed by atoms with Crippen LogP contribution >= 0.6 is 0 Å². The summed E-state index contributed by atoms with van der Waals surface area (Å²) in [4.78, 5) is 3.72. The third kappa shape index (κ3) is 2.53. The number of para-hydroxylation sites is 1. The van der Waals surface area contributed by atoms with Crippen molar-refractivity contribution in [2.24, 2.45) is 4.99 Å². The van der Waals surface area contributed by atoms with Gasteiger partial charge in [-0.25, -0.2) is 13.2 Å². The van der Waals surface area contributed by atoms with E-state index in [0.29, 0.717) is 0 Å². The monoisotopic (exact) mass is 235 g/mol. The lowest BCUT2D eigenvalue weighted by Crippen LogP contribution is -1.93. The molecule has 1 nitrogen and oxygen atoms in total. The van der Waals surface area contributed by atoms with Crippen LogP contribution in [0.25, 0.3) is 0 Å². The van der Waals surface area contributed by atoms with E-state index >= 15 is 0 Å². The van der Waals surface area contributed by atoms with Gasteiger partial charge in [0, 0.05) is 6.21 Å². The van der Waals surface area contributed by atoms with Crippen LogP contribution in [0.3, 0.4) is 0 Å². The molecule has 4 heteroatoms. The van der Waals surface area contributed by atoms with E-state index in [0.717, 1.165) is 18.3 Å². The molecule has 0 atom stereocenters. The maximum Gasteiger partial charge on any atom is 0.148 e. The normalized spacial score (nSPS) is 11.0. The maximum atomic E-state index is 13.2. The van der Waals surface area contributed by atoms with E-state index in [1.54, 1.807) is 6.07 Å². The molecule has 2 rings (SSSR count). The van der Waals surface area contributed by atoms with Crippen molar-refractivity contribution in [3.8, 4) is 0 Å². The quantitative estimate of drug-likeness (QED) is 0.701. The molecule has 0 aliphatic heterocycles. The summed E-state index contributed by atoms with van der Waals surface area (Å²) in [6, 6.07) is 9.24. The smallest absolute Gasteiger partial charge is 0.148 e. The molecule has 0 saturated carbocycles. The zero-order chi connectivity index (χ0) is 12.3. The fourth-order valence-corrected chi connectivity index (χ4v) is 1.32. The van der Waals surface area contributed by atoms with E-state index in [9.17, 15) is 13.2 Å². The molecule has 0 amide bonds. The third-order valence-corrected chi connectivity index (χ3v) is 2.18. The number of hydrogen-bond acceptors (Lipinski definition) is 1. The summed E-state index contributed by atoms with van der Waals surface area (Å²) in [5.41, 5.74) is -0.245. The van der Waals surface area contributed by atoms with Crippen LogP contribution in [0.2, 0.25) is 0 Å². The molecular weight excluding hydrogens is 227 g/mol. The van der Waals surface area contributed by atoms with Gasteiger partial charge < -0.3 is 0 Å². The van der Waals surface area contributed by atoms with Crippen LogP contribution in [-0.4, -0.2) is 6.21 Å². The standard InChI is InChI=1S/C13H8F3N/c14-10-5-3-6-11(15)9(10)8-17-13-7-2-1-4-12(13)16/h1-8H. The highest BCUT2D eigenvalue weighted by Crippen LogP contribution is 2.17. The topological polar surface area (TPSA) is 12.4 Å². The molecule has 0 heterocycles. The van der Waals surface area contributed by atoms with E-state index in [1.807, 2.05) is 0 Å². The Kier molecular flexibility index (Phi) is 3.23. The predicted octanol–water partition coefficient (Wildman–Crippen LogP) is 3.85. The second-order valence-corrected chi connectivity index (χ2v) is 3.34. The Balaban J connectivity index is 2.36. The Morgan fingerprint density at radius 2 is 1.35 bits per heavy atom. The van der Waals surface area contributed by atoms with Gasteiger partial charge in [-0.2, -0.15) is 0 Å². The lowest BCUT2D eigenvalue weighted by atomic mass is 10.2. The average molecular weight is 235 g/mol. The molecule has 0 aliphatic carbocycles. The SMILES string of the molecule is Fc1ccccc1N=Cc1c(F)cccc1F. The van der Waals surface area contributed by atoms with Crippen molar-refractivity contribution in [1.82, 2.24) is 0 Å². The van der Waals surface area contributed by atoms with Crippen molar-refractivity contribution in [2.45, 2.75) is 0 Å². The van der Waals surface area contributed by atoms with Crippen molar-refractivity contribution < 1.29 is 13.2 Å². The number of nitrogens with zero attached hydrogens (tertiary/aromatic N) is 1. The van der Waals surface area contributed by atoms with Crippen molar-refractivity contribution in [1.29, 1.82) is 0 Å². The Hall–Kier alpha value is -2.10. The van der Waals surface area contributed by atoms with Gasteiger partial charge in [-0.3, -0.25) is 4.99 Å². The number of aliphatic imine (C=N–C) groups is 1. The van der Waals surface area contributed by atoms with Gasteiger partial charge in [0.2, 0.25) is 0 Å². The zero-order valence-corrected chi connectivity index (χ0v) is 8.70. The Labute approximate surface area is 96.2 Å². The van der Waals surface area contributed by atoms with Gasteiger partial charge in [0.1, 0.15) is 17.5 Å². The molecule has 86 valence electrons. The summed E-state index contributed by atoms with van der Waals surface area (Å²) >= 11 is 0. The lowest BCUT2D eigenvalue weighted by molar-refractivity contribution is 0.580. The molecule has 0 bridgehead atoms. The molecule has 0 fully saturated rings. The van der Waals surface area contributed by atoms with Crippen LogP contribution in [0, 0.1) is 17.5 Å². The minimum absolute atomic E-state index is 0.0372. The molecule has 0 aromatic heterocycles. The number of hydrogen-bond donors (Lipinski definition) is 0. The number of benzene rings is 2. The van der Waals surface area contributed by atoms with E-state index in [-0.39, 0.29) is 11.3 Å². The zero-order valence-electron chi connectivity index (χ0n) is 8.70. The number of halogens is 3. The molecule has 0 aliphatic rings. The molecular formula is C13H8F3N. The molecule has 0 spiro atoms. The highest BCUT2D eigenvalue weighted by atomic mass is 19.1. The first-order valence-electron chi connectivity index (χ1n) is 4.91. The Morgan fingerprint density at radius 1 is 0.765 bits per heavy atom. The van der Waals surface area contributed by atoms with Crippen LogP contribution in [0.15, 0.2) is 47.5 Å². The van der Waals surface area contributed by atoms with Gasteiger partial charge in [-0.1, -0.05) is 18.2 Å². The first-order chi connectivity index (χ1) is 8.18. The Bertz CT molecular complexity index is 544. The van der Waals surface area contributed by atoms with Gasteiger partial charge in [0.05, 0.1) is 11.3 Å². The lowest BCUT2D eigenvalue weighted by Gasteiger charge is -1.98. The highest BCUT2D eigenvalue weighted by molar-refractivity contribution is 5.82. The van der Waals surface area contributed by atoms with Crippen LogP contribution in [0.5, 0.6) is 0 Å². The maximum absolute atomic E-state index is 13.2. The summed E-state index contributed by atoms with van der Waals surface area (Å²) in [7, 11) is 0. The molecule has 0 unspecified atom stereocenters. The minimum atomic E-state index is -0.731. The summed E-state index contributed by atoms with van der Waals surface area (Å²) in [5.74, 6) is -2.00. The van der Waals surface area contributed by atoms with Crippen molar-refractivity contribution >= 4 is 11.9 Å². The van der Waals surface area contributed by atoms with Gasteiger partial charge >= 0.3 is 0 Å². The van der Waals surface area contributed by atoms with E-state index in [2.05, 4.69) is 4.99 Å². The van der Waals surface area contributed by atoms with Crippen LogP contribution in [-0.2, 0) is 0 Å². The predicted molar refractivity (Wildman–Crippen MR) is 60.0 cm³/mol. The minimum Gasteiger partial charge on any atom is -0.253 e. The molecule has 2 aromatic carbocycles. The fourth-order valence-electron chi connectivity index (χ4n) is 1.32. The van der Waals surface area contributed by atoms with Gasteiger partial charge in [-0.15, -0.1) is 0 Å². The largest absolute Gasteiger partial charge is 0.253 e. The molecule has 0 N–H and O–H groups in total. The van der Waals surface area contributed by atoms with E-state index in [1.165, 1.54) is 24.3 Å². The Morgan fingerprint density at radius 3 is 2.00 bits per heavy atom. The van der Waals surface area contributed by atoms with Crippen LogP contribution in [0.4, 0.5) is 18.9 Å². The third-order valence-electron chi connectivity index (χ3n) is 2.18. The second-order valence-electron chi connectivity index (χ2n) is 3.34. The van der Waals surface area contributed by atoms with Crippen molar-refractivity contribution in [2.75, 3.05) is 0 Å². The molecule has 0 radical (unpaired) electrons. The first-order valence-corrected chi connectivity index (χ1v) is 4.91. The van der Waals surface area contributed by atoms with Crippen LogP contribution < -0.4 is 0 Å². The van der Waals surface area contributed by atoms with Gasteiger partial charge in [-0.05, 0) is 24.3 Å². The molecule has 17 heavy (non-hydrogen) atoms. The first kappa shape index (κ1) is 11.4. The second kappa shape index (κ2) is 4.82.